The van der Waals surface area contributed by atoms with Crippen LogP contribution in [0.2, 0.25) is 0 Å². The molecular weight excluding hydrogens is 348 g/mol. The Morgan fingerprint density at radius 3 is 2.61 bits per heavy atom. The molecule has 0 atom stereocenters. The first-order valence-electron chi connectivity index (χ1n) is 10.4. The largest absolute Gasteiger partial charge is 0.412 e. The van der Waals surface area contributed by atoms with Crippen LogP contribution in [0.1, 0.15) is 57.1 Å². The molecular formula is C24H30N2O2. The van der Waals surface area contributed by atoms with Crippen molar-refractivity contribution in [2.24, 2.45) is 0 Å². The van der Waals surface area contributed by atoms with Gasteiger partial charge in [0.2, 0.25) is 0 Å². The number of rotatable bonds is 4. The number of carbonyl (C=O) groups excluding carboxylic acids is 1. The minimum absolute atomic E-state index is 0.0172. The molecule has 0 unspecified atom stereocenters. The van der Waals surface area contributed by atoms with Gasteiger partial charge >= 0.3 is 6.09 Å². The van der Waals surface area contributed by atoms with Crippen molar-refractivity contribution in [1.82, 2.24) is 5.32 Å². The molecule has 0 bridgehead atoms. The van der Waals surface area contributed by atoms with Gasteiger partial charge in [-0.2, -0.15) is 0 Å². The minimum atomic E-state index is -0.330. The fourth-order valence-electron chi connectivity index (χ4n) is 4.54. The van der Waals surface area contributed by atoms with Gasteiger partial charge in [0.15, 0.2) is 0 Å². The maximum atomic E-state index is 12.3. The zero-order valence-electron chi connectivity index (χ0n) is 16.9. The van der Waals surface area contributed by atoms with E-state index in [9.17, 15) is 4.79 Å². The molecule has 0 spiro atoms. The molecule has 2 aromatic carbocycles. The van der Waals surface area contributed by atoms with Gasteiger partial charge in [0.05, 0.1) is 0 Å². The number of amides is 1. The molecule has 4 heteroatoms. The molecule has 1 heterocycles. The number of fused-ring (bicyclic) bond motifs is 1. The van der Waals surface area contributed by atoms with Crippen LogP contribution in [0.5, 0.6) is 5.75 Å². The summed E-state index contributed by atoms with van der Waals surface area (Å²) in [4.78, 5) is 14.7. The van der Waals surface area contributed by atoms with Crippen LogP contribution in [-0.2, 0) is 12.0 Å². The third-order valence-corrected chi connectivity index (χ3v) is 5.98. The quantitative estimate of drug-likeness (QED) is 0.774. The van der Waals surface area contributed by atoms with Crippen LogP contribution in [0.3, 0.4) is 0 Å². The summed E-state index contributed by atoms with van der Waals surface area (Å²) < 4.78 is 5.62. The Hall–Kier alpha value is -2.49. The van der Waals surface area contributed by atoms with Crippen LogP contribution in [0.25, 0.3) is 0 Å². The summed E-state index contributed by atoms with van der Waals surface area (Å²) in [5, 5.41) is 3.03. The van der Waals surface area contributed by atoms with Crippen molar-refractivity contribution in [3.05, 3.63) is 59.7 Å². The fraction of sp³-hybridized carbons (Fsp3) is 0.458. The van der Waals surface area contributed by atoms with Crippen LogP contribution in [0, 0.1) is 0 Å². The van der Waals surface area contributed by atoms with E-state index in [1.807, 2.05) is 18.2 Å². The smallest absolute Gasteiger partial charge is 0.410 e. The number of ether oxygens (including phenoxy) is 1. The molecule has 1 saturated carbocycles. The Bertz CT molecular complexity index is 826. The standard InChI is InChI=1S/C24H30N2O2/c1-24(2)17-26(16-18-9-5-3-6-10-18)22-14-13-20(15-21(22)24)28-23(27)25-19-11-7-4-8-12-19/h3,5-6,9-10,13-15,19H,4,7-8,11-12,16-17H2,1-2H3,(H,25,27). The molecule has 28 heavy (non-hydrogen) atoms. The van der Waals surface area contributed by atoms with Crippen molar-refractivity contribution in [2.45, 2.75) is 64.0 Å². The van der Waals surface area contributed by atoms with Gasteiger partial charge in [-0.3, -0.25) is 0 Å². The second-order valence-corrected chi connectivity index (χ2v) is 8.77. The van der Waals surface area contributed by atoms with Gasteiger partial charge in [-0.15, -0.1) is 0 Å². The van der Waals surface area contributed by atoms with Crippen LogP contribution in [0.4, 0.5) is 10.5 Å². The molecule has 1 N–H and O–H groups in total. The van der Waals surface area contributed by atoms with Crippen molar-refractivity contribution in [3.8, 4) is 5.75 Å². The van der Waals surface area contributed by atoms with Crippen molar-refractivity contribution in [2.75, 3.05) is 11.4 Å². The molecule has 1 fully saturated rings. The van der Waals surface area contributed by atoms with Crippen LogP contribution < -0.4 is 15.0 Å². The monoisotopic (exact) mass is 378 g/mol. The van der Waals surface area contributed by atoms with Crippen molar-refractivity contribution in [3.63, 3.8) is 0 Å². The molecule has 2 aromatic rings. The number of hydrogen-bond donors (Lipinski definition) is 1. The molecule has 1 aliphatic carbocycles. The summed E-state index contributed by atoms with van der Waals surface area (Å²) >= 11 is 0. The van der Waals surface area contributed by atoms with Crippen molar-refractivity contribution in [1.29, 1.82) is 0 Å². The third-order valence-electron chi connectivity index (χ3n) is 5.98. The van der Waals surface area contributed by atoms with E-state index >= 15 is 0 Å². The van der Waals surface area contributed by atoms with Gasteiger partial charge in [-0.1, -0.05) is 63.4 Å². The lowest BCUT2D eigenvalue weighted by Crippen LogP contribution is -2.38. The Labute approximate surface area is 167 Å². The predicted octanol–water partition coefficient (Wildman–Crippen LogP) is 5.41. The topological polar surface area (TPSA) is 41.6 Å². The lowest BCUT2D eigenvalue weighted by atomic mass is 9.87. The highest BCUT2D eigenvalue weighted by Gasteiger charge is 2.35. The van der Waals surface area contributed by atoms with E-state index in [4.69, 9.17) is 4.74 Å². The van der Waals surface area contributed by atoms with Crippen LogP contribution >= 0.6 is 0 Å². The molecule has 0 saturated heterocycles. The third kappa shape index (κ3) is 4.16. The minimum Gasteiger partial charge on any atom is -0.410 e. The fourth-order valence-corrected chi connectivity index (χ4v) is 4.54. The number of anilines is 1. The maximum Gasteiger partial charge on any atom is 0.412 e. The number of nitrogens with zero attached hydrogens (tertiary/aromatic N) is 1. The Kier molecular flexibility index (Phi) is 5.29. The van der Waals surface area contributed by atoms with E-state index in [2.05, 4.69) is 54.4 Å². The molecule has 4 nitrogen and oxygen atoms in total. The summed E-state index contributed by atoms with van der Waals surface area (Å²) in [6.07, 6.45) is 5.43. The van der Waals surface area contributed by atoms with Gasteiger partial charge in [-0.05, 0) is 42.2 Å². The molecule has 0 aromatic heterocycles. The normalized spacial score (nSPS) is 18.6. The number of carbonyl (C=O) groups is 1. The summed E-state index contributed by atoms with van der Waals surface area (Å²) in [5.74, 6) is 0.627. The molecule has 1 amide bonds. The molecule has 1 aliphatic heterocycles. The van der Waals surface area contributed by atoms with Crippen molar-refractivity contribution < 1.29 is 9.53 Å². The molecule has 4 rings (SSSR count). The van der Waals surface area contributed by atoms with Gasteiger partial charge in [0.25, 0.3) is 0 Å². The van der Waals surface area contributed by atoms with E-state index in [1.54, 1.807) is 0 Å². The number of nitrogens with one attached hydrogen (secondary N) is 1. The molecule has 2 aliphatic rings. The lowest BCUT2D eigenvalue weighted by Gasteiger charge is -2.22. The zero-order valence-corrected chi connectivity index (χ0v) is 16.9. The highest BCUT2D eigenvalue weighted by Crippen LogP contribution is 2.42. The Morgan fingerprint density at radius 2 is 1.86 bits per heavy atom. The first-order chi connectivity index (χ1) is 13.5. The maximum absolute atomic E-state index is 12.3. The second-order valence-electron chi connectivity index (χ2n) is 8.77. The number of hydrogen-bond acceptors (Lipinski definition) is 3. The summed E-state index contributed by atoms with van der Waals surface area (Å²) in [6, 6.07) is 16.9. The van der Waals surface area contributed by atoms with Gasteiger partial charge < -0.3 is 15.0 Å². The van der Waals surface area contributed by atoms with E-state index in [-0.39, 0.29) is 17.6 Å². The summed E-state index contributed by atoms with van der Waals surface area (Å²) in [6.45, 7) is 6.35. The number of benzene rings is 2. The van der Waals surface area contributed by atoms with E-state index in [0.29, 0.717) is 5.75 Å². The molecule has 0 radical (unpaired) electrons. The van der Waals surface area contributed by atoms with Gasteiger partial charge in [0, 0.05) is 30.2 Å². The average molecular weight is 379 g/mol. The van der Waals surface area contributed by atoms with E-state index in [1.165, 1.54) is 36.1 Å². The Morgan fingerprint density at radius 1 is 1.11 bits per heavy atom. The SMILES string of the molecule is CC1(C)CN(Cc2ccccc2)c2ccc(OC(=O)NC3CCCCC3)cc21. The Balaban J connectivity index is 1.46. The zero-order chi connectivity index (χ0) is 19.6. The highest BCUT2D eigenvalue weighted by molar-refractivity contribution is 5.72. The molecule has 148 valence electrons. The van der Waals surface area contributed by atoms with Crippen molar-refractivity contribution >= 4 is 11.8 Å². The average Bonchev–Trinajstić information content (AvgIpc) is 2.93. The predicted molar refractivity (Wildman–Crippen MR) is 113 cm³/mol. The second kappa shape index (κ2) is 7.86. The first kappa shape index (κ1) is 18.9. The van der Waals surface area contributed by atoms with Gasteiger partial charge in [0.1, 0.15) is 5.75 Å². The highest BCUT2D eigenvalue weighted by atomic mass is 16.6. The van der Waals surface area contributed by atoms with Crippen LogP contribution in [0.15, 0.2) is 48.5 Å². The van der Waals surface area contributed by atoms with E-state index < -0.39 is 0 Å². The van der Waals surface area contributed by atoms with Crippen LogP contribution in [-0.4, -0.2) is 18.7 Å². The van der Waals surface area contributed by atoms with E-state index in [0.717, 1.165) is 25.9 Å². The van der Waals surface area contributed by atoms with Gasteiger partial charge in [-0.25, -0.2) is 4.79 Å². The first-order valence-corrected chi connectivity index (χ1v) is 10.4. The summed E-state index contributed by atoms with van der Waals surface area (Å²) in [5.41, 5.74) is 3.79. The lowest BCUT2D eigenvalue weighted by molar-refractivity contribution is 0.192. The summed E-state index contributed by atoms with van der Waals surface area (Å²) in [7, 11) is 0.